The van der Waals surface area contributed by atoms with Gasteiger partial charge in [0.25, 0.3) is 5.91 Å². The molecule has 3 amide bonds. The van der Waals surface area contributed by atoms with E-state index in [0.717, 1.165) is 37.4 Å². The lowest BCUT2D eigenvalue weighted by molar-refractivity contribution is -0.136. The van der Waals surface area contributed by atoms with Gasteiger partial charge in [-0.05, 0) is 29.7 Å². The van der Waals surface area contributed by atoms with Crippen LogP contribution < -0.4 is 10.1 Å². The smallest absolute Gasteiger partial charge is 0.255 e. The van der Waals surface area contributed by atoms with Gasteiger partial charge < -0.3 is 14.4 Å². The van der Waals surface area contributed by atoms with Gasteiger partial charge in [-0.3, -0.25) is 24.6 Å². The molecule has 0 saturated carbocycles. The number of carbonyl (C=O) groups excluding carboxylic acids is 3. The molecule has 2 fully saturated rings. The summed E-state index contributed by atoms with van der Waals surface area (Å²) >= 11 is 0. The van der Waals surface area contributed by atoms with Crippen LogP contribution in [0.3, 0.4) is 0 Å². The predicted octanol–water partition coefficient (Wildman–Crippen LogP) is 0.122. The van der Waals surface area contributed by atoms with Gasteiger partial charge in [0.05, 0.1) is 25.8 Å². The quantitative estimate of drug-likeness (QED) is 0.474. The lowest BCUT2D eigenvalue weighted by Gasteiger charge is -2.33. The highest BCUT2D eigenvalue weighted by Crippen LogP contribution is 2.35. The molecule has 0 spiro atoms. The number of amides is 3. The molecule has 3 unspecified atom stereocenters. The van der Waals surface area contributed by atoms with Crippen LogP contribution in [0.5, 0.6) is 5.75 Å². The third-order valence-corrected chi connectivity index (χ3v) is 7.32. The maximum atomic E-state index is 13.1. The van der Waals surface area contributed by atoms with E-state index in [0.29, 0.717) is 30.2 Å². The van der Waals surface area contributed by atoms with Crippen molar-refractivity contribution in [1.82, 2.24) is 15.1 Å². The zero-order valence-corrected chi connectivity index (χ0v) is 20.2. The Morgan fingerprint density at radius 2 is 1.71 bits per heavy atom. The second-order valence-corrected chi connectivity index (χ2v) is 9.43. The number of ether oxygens (including phenoxy) is 2. The Labute approximate surface area is 206 Å². The van der Waals surface area contributed by atoms with E-state index in [-0.39, 0.29) is 24.2 Å². The summed E-state index contributed by atoms with van der Waals surface area (Å²) in [5.41, 5.74) is 3.64. The van der Waals surface area contributed by atoms with Crippen molar-refractivity contribution < 1.29 is 23.9 Å². The second kappa shape index (κ2) is 9.87. The first kappa shape index (κ1) is 23.6. The summed E-state index contributed by atoms with van der Waals surface area (Å²) in [5, 5.41) is 2.34. The van der Waals surface area contributed by atoms with Crippen molar-refractivity contribution in [3.63, 3.8) is 0 Å². The van der Waals surface area contributed by atoms with Crippen LogP contribution in [0, 0.1) is 0 Å². The van der Waals surface area contributed by atoms with Gasteiger partial charge in [-0.2, -0.15) is 0 Å². The van der Waals surface area contributed by atoms with E-state index in [1.165, 1.54) is 5.56 Å². The van der Waals surface area contributed by atoms with Gasteiger partial charge in [0, 0.05) is 36.6 Å². The molecular formula is C25H29B2N3O5. The molecule has 0 bridgehead atoms. The number of piperidine rings is 1. The number of fused-ring (bicyclic) bond motifs is 1. The maximum Gasteiger partial charge on any atom is 0.255 e. The molecule has 35 heavy (non-hydrogen) atoms. The van der Waals surface area contributed by atoms with Gasteiger partial charge in [-0.15, -0.1) is 0 Å². The standard InChI is InChI=1S/C25H29B2N3O5/c26-22(29-10-12-34-13-11-29)15-4-6-16(7-5-15)23(27)35-20-3-1-2-17-18(20)14-30(25(17)33)19-8-9-21(31)28-24(19)32/h1-7,19,22-23H,8-14,26-27H2,(H,28,31,32). The second-order valence-electron chi connectivity index (χ2n) is 9.43. The molecule has 0 aromatic heterocycles. The van der Waals surface area contributed by atoms with Crippen LogP contribution in [0.25, 0.3) is 0 Å². The van der Waals surface area contributed by atoms with Crippen LogP contribution in [0.4, 0.5) is 0 Å². The van der Waals surface area contributed by atoms with Crippen molar-refractivity contribution in [2.24, 2.45) is 0 Å². The molecule has 0 aliphatic carbocycles. The summed E-state index contributed by atoms with van der Waals surface area (Å²) in [5.74, 6) is 0.0621. The Morgan fingerprint density at radius 1 is 1.00 bits per heavy atom. The minimum atomic E-state index is -0.640. The zero-order chi connectivity index (χ0) is 24.5. The Morgan fingerprint density at radius 3 is 2.43 bits per heavy atom. The van der Waals surface area contributed by atoms with E-state index in [2.05, 4.69) is 42.3 Å². The Balaban J connectivity index is 1.28. The minimum Gasteiger partial charge on any atom is -0.495 e. The highest BCUT2D eigenvalue weighted by molar-refractivity contribution is 6.12. The third-order valence-electron chi connectivity index (χ3n) is 7.32. The maximum absolute atomic E-state index is 13.1. The van der Waals surface area contributed by atoms with Crippen LogP contribution in [-0.2, 0) is 20.9 Å². The molecule has 2 aromatic carbocycles. The van der Waals surface area contributed by atoms with Crippen molar-refractivity contribution in [2.45, 2.75) is 37.4 Å². The fourth-order valence-electron chi connectivity index (χ4n) is 5.15. The van der Waals surface area contributed by atoms with Crippen LogP contribution in [0.15, 0.2) is 42.5 Å². The number of morpholine rings is 1. The molecule has 3 heterocycles. The number of benzene rings is 2. The topological polar surface area (TPSA) is 88.2 Å². The number of hydrogen-bond donors (Lipinski definition) is 1. The Kier molecular flexibility index (Phi) is 6.67. The van der Waals surface area contributed by atoms with Crippen LogP contribution in [0.1, 0.15) is 51.8 Å². The summed E-state index contributed by atoms with van der Waals surface area (Å²) in [7, 11) is 4.22. The number of imide groups is 1. The lowest BCUT2D eigenvalue weighted by atomic mass is 9.85. The third kappa shape index (κ3) is 4.73. The predicted molar refractivity (Wildman–Crippen MR) is 135 cm³/mol. The van der Waals surface area contributed by atoms with Crippen molar-refractivity contribution >= 4 is 33.4 Å². The van der Waals surface area contributed by atoms with Gasteiger partial charge in [-0.1, -0.05) is 30.3 Å². The first-order chi connectivity index (χ1) is 16.9. The lowest BCUT2D eigenvalue weighted by Crippen LogP contribution is -2.52. The highest BCUT2D eigenvalue weighted by atomic mass is 16.5. The molecule has 0 radical (unpaired) electrons. The molecular weight excluding hydrogens is 444 g/mol. The van der Waals surface area contributed by atoms with Gasteiger partial charge in [-0.25, -0.2) is 0 Å². The van der Waals surface area contributed by atoms with Crippen LogP contribution in [0.2, 0.25) is 0 Å². The zero-order valence-electron chi connectivity index (χ0n) is 20.2. The molecule has 10 heteroatoms. The van der Waals surface area contributed by atoms with Gasteiger partial charge in [0.2, 0.25) is 11.8 Å². The largest absolute Gasteiger partial charge is 0.495 e. The molecule has 2 aromatic rings. The molecule has 3 atom stereocenters. The van der Waals surface area contributed by atoms with E-state index < -0.39 is 11.9 Å². The summed E-state index contributed by atoms with van der Waals surface area (Å²) in [6.07, 6.45) is 0.573. The fourth-order valence-corrected chi connectivity index (χ4v) is 5.15. The van der Waals surface area contributed by atoms with Crippen molar-refractivity contribution in [2.75, 3.05) is 26.3 Å². The average molecular weight is 473 g/mol. The van der Waals surface area contributed by atoms with Crippen LogP contribution in [-0.4, -0.2) is 75.6 Å². The number of carbonyl (C=O) groups is 3. The Hall–Kier alpha value is -3.10. The molecule has 8 nitrogen and oxygen atoms in total. The summed E-state index contributed by atoms with van der Waals surface area (Å²) in [6.45, 7) is 3.72. The molecule has 180 valence electrons. The van der Waals surface area contributed by atoms with Crippen molar-refractivity contribution in [3.05, 3.63) is 64.7 Å². The number of rotatable bonds is 6. The summed E-state index contributed by atoms with van der Waals surface area (Å²) in [6, 6.07) is 13.1. The van der Waals surface area contributed by atoms with E-state index in [1.807, 2.05) is 13.9 Å². The first-order valence-electron chi connectivity index (χ1n) is 12.3. The normalized spacial score (nSPS) is 22.5. The minimum absolute atomic E-state index is 0.200. The molecule has 1 N–H and O–H groups in total. The number of nitrogens with one attached hydrogen (secondary N) is 1. The van der Waals surface area contributed by atoms with Crippen LogP contribution >= 0.6 is 0 Å². The van der Waals surface area contributed by atoms with Crippen molar-refractivity contribution in [1.29, 1.82) is 0 Å². The van der Waals surface area contributed by atoms with E-state index in [9.17, 15) is 14.4 Å². The van der Waals surface area contributed by atoms with E-state index in [1.54, 1.807) is 17.0 Å². The number of nitrogens with zero attached hydrogens (tertiary/aromatic N) is 2. The van der Waals surface area contributed by atoms with E-state index >= 15 is 0 Å². The van der Waals surface area contributed by atoms with Gasteiger partial charge in [0.1, 0.15) is 19.6 Å². The number of hydrogen-bond acceptors (Lipinski definition) is 6. The summed E-state index contributed by atoms with van der Waals surface area (Å²) in [4.78, 5) is 40.9. The SMILES string of the molecule is BC(Oc1cccc2c1CN(C1CCC(=O)NC1=O)C2=O)c1ccc(C(B)N2CCOCC2)cc1. The molecule has 5 rings (SSSR count). The molecule has 3 aliphatic rings. The Bertz CT molecular complexity index is 1140. The highest BCUT2D eigenvalue weighted by Gasteiger charge is 2.40. The average Bonchev–Trinajstić information content (AvgIpc) is 3.21. The fraction of sp³-hybridized carbons (Fsp3) is 0.400. The molecule has 2 saturated heterocycles. The first-order valence-corrected chi connectivity index (χ1v) is 12.3. The summed E-state index contributed by atoms with van der Waals surface area (Å²) < 4.78 is 11.8. The van der Waals surface area contributed by atoms with E-state index in [4.69, 9.17) is 9.47 Å². The van der Waals surface area contributed by atoms with Gasteiger partial charge >= 0.3 is 0 Å². The monoisotopic (exact) mass is 473 g/mol. The van der Waals surface area contributed by atoms with Gasteiger partial charge in [0.15, 0.2) is 7.85 Å². The van der Waals surface area contributed by atoms with Crippen molar-refractivity contribution in [3.8, 4) is 5.75 Å². The molecule has 3 aliphatic heterocycles.